The van der Waals surface area contributed by atoms with Crippen LogP contribution in [0.5, 0.6) is 0 Å². The second-order valence-electron chi connectivity index (χ2n) is 5.84. The van der Waals surface area contributed by atoms with E-state index in [1.807, 2.05) is 0 Å². The van der Waals surface area contributed by atoms with Crippen LogP contribution in [0, 0.1) is 28.2 Å². The van der Waals surface area contributed by atoms with Gasteiger partial charge in [0.05, 0.1) is 0 Å². The quantitative estimate of drug-likeness (QED) is 0.618. The van der Waals surface area contributed by atoms with Crippen molar-refractivity contribution in [1.82, 2.24) is 0 Å². The Bertz CT molecular complexity index is 480. The predicted octanol–water partition coefficient (Wildman–Crippen LogP) is 4.61. The number of aryl methyl sites for hydroxylation is 1. The van der Waals surface area contributed by atoms with E-state index in [2.05, 4.69) is 72.1 Å². The van der Waals surface area contributed by atoms with Crippen LogP contribution >= 0.6 is 22.6 Å². The summed E-state index contributed by atoms with van der Waals surface area (Å²) in [6, 6.07) is 7.22. The van der Waals surface area contributed by atoms with Crippen molar-refractivity contribution < 1.29 is 0 Å². The highest BCUT2D eigenvalue weighted by molar-refractivity contribution is 14.1. The maximum Gasteiger partial charge on any atom is 0.0372 e. The zero-order chi connectivity index (χ0) is 12.7. The number of anilines is 1. The van der Waals surface area contributed by atoms with E-state index in [0.717, 1.165) is 17.8 Å². The molecule has 1 fully saturated rings. The number of hydrogen-bond acceptors (Lipinski definition) is 1. The molecule has 0 amide bonds. The van der Waals surface area contributed by atoms with Crippen molar-refractivity contribution in [3.8, 4) is 0 Å². The maximum absolute atomic E-state index is 3.73. The summed E-state index contributed by atoms with van der Waals surface area (Å²) in [7, 11) is 0. The van der Waals surface area contributed by atoms with E-state index in [-0.39, 0.29) is 0 Å². The first-order chi connectivity index (χ1) is 8.63. The molecule has 2 aliphatic rings. The van der Waals surface area contributed by atoms with Gasteiger partial charge in [-0.3, -0.25) is 0 Å². The molecule has 1 aromatic rings. The number of benzene rings is 1. The number of nitrogens with one attached hydrogen (secondary N) is 1. The van der Waals surface area contributed by atoms with Gasteiger partial charge in [-0.25, -0.2) is 0 Å². The van der Waals surface area contributed by atoms with E-state index < -0.39 is 0 Å². The predicted molar refractivity (Wildman–Crippen MR) is 85.8 cm³/mol. The lowest BCUT2D eigenvalue weighted by Crippen LogP contribution is -2.29. The summed E-state index contributed by atoms with van der Waals surface area (Å²) in [5.74, 6) is 2.50. The largest absolute Gasteiger partial charge is 0.382 e. The van der Waals surface area contributed by atoms with Crippen molar-refractivity contribution in [2.45, 2.75) is 32.7 Å². The minimum Gasteiger partial charge on any atom is -0.382 e. The molecule has 1 aromatic carbocycles. The Morgan fingerprint density at radius 3 is 2.72 bits per heavy atom. The van der Waals surface area contributed by atoms with Gasteiger partial charge < -0.3 is 5.32 Å². The van der Waals surface area contributed by atoms with Crippen molar-refractivity contribution >= 4 is 28.3 Å². The van der Waals surface area contributed by atoms with Crippen LogP contribution in [0.25, 0.3) is 0 Å². The van der Waals surface area contributed by atoms with Gasteiger partial charge in [0, 0.05) is 15.3 Å². The SMILES string of the molecule is Cc1cc(I)ccc1NC(C)C1CC2C=CC1C2. The monoisotopic (exact) mass is 353 g/mol. The van der Waals surface area contributed by atoms with Gasteiger partial charge in [0.15, 0.2) is 0 Å². The number of fused-ring (bicyclic) bond motifs is 2. The molecule has 1 nitrogen and oxygen atoms in total. The molecule has 2 heteroatoms. The molecular formula is C16H20IN. The Labute approximate surface area is 123 Å². The van der Waals surface area contributed by atoms with Crippen LogP contribution in [-0.2, 0) is 0 Å². The first-order valence-corrected chi connectivity index (χ1v) is 7.92. The first kappa shape index (κ1) is 12.5. The molecular weight excluding hydrogens is 333 g/mol. The summed E-state index contributed by atoms with van der Waals surface area (Å²) < 4.78 is 1.31. The van der Waals surface area contributed by atoms with Crippen LogP contribution in [0.1, 0.15) is 25.3 Å². The van der Waals surface area contributed by atoms with E-state index in [1.165, 1.54) is 27.7 Å². The van der Waals surface area contributed by atoms with Gasteiger partial charge in [0.25, 0.3) is 0 Å². The topological polar surface area (TPSA) is 12.0 Å². The summed E-state index contributed by atoms with van der Waals surface area (Å²) >= 11 is 2.37. The zero-order valence-corrected chi connectivity index (χ0v) is 13.1. The molecule has 4 unspecified atom stereocenters. The molecule has 96 valence electrons. The van der Waals surface area contributed by atoms with Crippen LogP contribution in [-0.4, -0.2) is 6.04 Å². The highest BCUT2D eigenvalue weighted by Crippen LogP contribution is 2.45. The second-order valence-corrected chi connectivity index (χ2v) is 7.08. The maximum atomic E-state index is 3.73. The molecule has 1 N–H and O–H groups in total. The Morgan fingerprint density at radius 1 is 1.28 bits per heavy atom. The molecule has 0 aromatic heterocycles. The molecule has 4 atom stereocenters. The highest BCUT2D eigenvalue weighted by atomic mass is 127. The molecule has 0 aliphatic heterocycles. The third-order valence-corrected chi connectivity index (χ3v) is 5.22. The van der Waals surface area contributed by atoms with Crippen LogP contribution in [0.3, 0.4) is 0 Å². The van der Waals surface area contributed by atoms with Gasteiger partial charge in [-0.05, 0) is 90.8 Å². The van der Waals surface area contributed by atoms with Crippen molar-refractivity contribution in [1.29, 1.82) is 0 Å². The second kappa shape index (κ2) is 4.87. The standard InChI is InChI=1S/C16H20IN/c1-10-7-14(17)5-6-16(10)18-11(2)15-9-12-3-4-13(15)8-12/h3-7,11-13,15,18H,8-9H2,1-2H3. The lowest BCUT2D eigenvalue weighted by Gasteiger charge is -2.27. The smallest absolute Gasteiger partial charge is 0.0372 e. The van der Waals surface area contributed by atoms with Gasteiger partial charge >= 0.3 is 0 Å². The van der Waals surface area contributed by atoms with E-state index in [1.54, 1.807) is 0 Å². The third kappa shape index (κ3) is 2.31. The Balaban J connectivity index is 1.71. The van der Waals surface area contributed by atoms with E-state index in [0.29, 0.717) is 6.04 Å². The van der Waals surface area contributed by atoms with Crippen molar-refractivity contribution in [3.05, 3.63) is 39.5 Å². The summed E-state index contributed by atoms with van der Waals surface area (Å²) in [6.07, 6.45) is 7.63. The van der Waals surface area contributed by atoms with Gasteiger partial charge in [-0.2, -0.15) is 0 Å². The average molecular weight is 353 g/mol. The minimum absolute atomic E-state index is 0.573. The van der Waals surface area contributed by atoms with Crippen molar-refractivity contribution in [3.63, 3.8) is 0 Å². The van der Waals surface area contributed by atoms with Crippen LogP contribution < -0.4 is 5.32 Å². The molecule has 0 saturated heterocycles. The fourth-order valence-electron chi connectivity index (χ4n) is 3.54. The summed E-state index contributed by atoms with van der Waals surface area (Å²) in [6.45, 7) is 4.54. The summed E-state index contributed by atoms with van der Waals surface area (Å²) in [5, 5.41) is 3.73. The third-order valence-electron chi connectivity index (χ3n) is 4.54. The van der Waals surface area contributed by atoms with Crippen LogP contribution in [0.4, 0.5) is 5.69 Å². The van der Waals surface area contributed by atoms with Gasteiger partial charge in [-0.1, -0.05) is 12.2 Å². The van der Waals surface area contributed by atoms with E-state index in [4.69, 9.17) is 0 Å². The Kier molecular flexibility index (Phi) is 3.39. The molecule has 3 rings (SSSR count). The Morgan fingerprint density at radius 2 is 2.11 bits per heavy atom. The highest BCUT2D eigenvalue weighted by Gasteiger charge is 2.38. The lowest BCUT2D eigenvalue weighted by atomic mass is 9.87. The molecule has 0 heterocycles. The zero-order valence-electron chi connectivity index (χ0n) is 11.0. The van der Waals surface area contributed by atoms with Crippen molar-refractivity contribution in [2.75, 3.05) is 5.32 Å². The summed E-state index contributed by atoms with van der Waals surface area (Å²) in [4.78, 5) is 0. The van der Waals surface area contributed by atoms with E-state index >= 15 is 0 Å². The van der Waals surface area contributed by atoms with Gasteiger partial charge in [0.2, 0.25) is 0 Å². The molecule has 18 heavy (non-hydrogen) atoms. The van der Waals surface area contributed by atoms with Crippen LogP contribution in [0.2, 0.25) is 0 Å². The number of hydrogen-bond donors (Lipinski definition) is 1. The molecule has 2 bridgehead atoms. The van der Waals surface area contributed by atoms with E-state index in [9.17, 15) is 0 Å². The number of rotatable bonds is 3. The molecule has 2 aliphatic carbocycles. The van der Waals surface area contributed by atoms with Gasteiger partial charge in [0.1, 0.15) is 0 Å². The fourth-order valence-corrected chi connectivity index (χ4v) is 4.19. The number of halogens is 1. The average Bonchev–Trinajstić information content (AvgIpc) is 2.94. The minimum atomic E-state index is 0.573. The Hall–Kier alpha value is -0.510. The normalized spacial score (nSPS) is 30.7. The number of allylic oxidation sites excluding steroid dienone is 2. The van der Waals surface area contributed by atoms with Crippen molar-refractivity contribution in [2.24, 2.45) is 17.8 Å². The van der Waals surface area contributed by atoms with Gasteiger partial charge in [-0.15, -0.1) is 0 Å². The fraction of sp³-hybridized carbons (Fsp3) is 0.500. The molecule has 0 radical (unpaired) electrons. The first-order valence-electron chi connectivity index (χ1n) is 6.84. The lowest BCUT2D eigenvalue weighted by molar-refractivity contribution is 0.400. The molecule has 1 saturated carbocycles. The summed E-state index contributed by atoms with van der Waals surface area (Å²) in [5.41, 5.74) is 2.65. The van der Waals surface area contributed by atoms with Crippen LogP contribution in [0.15, 0.2) is 30.4 Å². The molecule has 0 spiro atoms.